The third kappa shape index (κ3) is 5.21. The molecule has 1 amide bonds. The molecule has 3 rings (SSSR count). The van der Waals surface area contributed by atoms with Crippen LogP contribution in [0.4, 0.5) is 23.4 Å². The topological polar surface area (TPSA) is 45.2 Å². The smallest absolute Gasteiger partial charge is 0.357 e. The predicted molar refractivity (Wildman–Crippen MR) is 97.3 cm³/mol. The van der Waals surface area contributed by atoms with E-state index in [9.17, 15) is 22.4 Å². The Balaban J connectivity index is 1.45. The fraction of sp³-hybridized carbons (Fsp3) is 0.400. The molecular formula is C20H21F4N3O. The van der Waals surface area contributed by atoms with Crippen LogP contribution in [-0.2, 0) is 17.4 Å². The highest BCUT2D eigenvalue weighted by molar-refractivity contribution is 5.79. The number of hydrogen-bond acceptors (Lipinski definition) is 3. The lowest BCUT2D eigenvalue weighted by Crippen LogP contribution is -2.41. The molecule has 28 heavy (non-hydrogen) atoms. The van der Waals surface area contributed by atoms with Gasteiger partial charge >= 0.3 is 6.18 Å². The third-order valence-electron chi connectivity index (χ3n) is 4.87. The number of halogens is 4. The van der Waals surface area contributed by atoms with E-state index in [4.69, 9.17) is 0 Å². The first kappa shape index (κ1) is 20.1. The van der Waals surface area contributed by atoms with Gasteiger partial charge in [-0.25, -0.2) is 9.37 Å². The summed E-state index contributed by atoms with van der Waals surface area (Å²) in [5.41, 5.74) is 0.0484. The second-order valence-corrected chi connectivity index (χ2v) is 6.84. The fourth-order valence-electron chi connectivity index (χ4n) is 3.28. The van der Waals surface area contributed by atoms with Crippen molar-refractivity contribution in [3.05, 3.63) is 59.5 Å². The number of benzene rings is 1. The number of piperidine rings is 1. The Morgan fingerprint density at radius 2 is 1.93 bits per heavy atom. The molecular weight excluding hydrogens is 374 g/mol. The van der Waals surface area contributed by atoms with Crippen LogP contribution in [0.3, 0.4) is 0 Å². The maximum Gasteiger partial charge on any atom is 0.417 e. The van der Waals surface area contributed by atoms with E-state index in [0.717, 1.165) is 17.8 Å². The first-order chi connectivity index (χ1) is 13.3. The number of rotatable bonds is 5. The zero-order valence-electron chi connectivity index (χ0n) is 15.2. The van der Waals surface area contributed by atoms with E-state index in [1.165, 1.54) is 18.2 Å². The minimum atomic E-state index is -4.40. The molecule has 1 fully saturated rings. The van der Waals surface area contributed by atoms with E-state index in [1.54, 1.807) is 6.07 Å². The van der Waals surface area contributed by atoms with Crippen molar-refractivity contribution in [2.45, 2.75) is 25.4 Å². The SMILES string of the molecule is O=C(NCCc1cccc(F)c1)C1CCN(c2ccc(C(F)(F)F)cn2)CC1. The van der Waals surface area contributed by atoms with E-state index in [-0.39, 0.29) is 17.6 Å². The minimum absolute atomic E-state index is 0.0450. The highest BCUT2D eigenvalue weighted by Crippen LogP contribution is 2.30. The number of carbonyl (C=O) groups excluding carboxylic acids is 1. The van der Waals surface area contributed by atoms with Crippen molar-refractivity contribution < 1.29 is 22.4 Å². The van der Waals surface area contributed by atoms with Gasteiger partial charge in [-0.1, -0.05) is 12.1 Å². The highest BCUT2D eigenvalue weighted by Gasteiger charge is 2.31. The Labute approximate surface area is 160 Å². The molecule has 8 heteroatoms. The Morgan fingerprint density at radius 1 is 1.18 bits per heavy atom. The molecule has 0 aliphatic carbocycles. The van der Waals surface area contributed by atoms with Crippen molar-refractivity contribution >= 4 is 11.7 Å². The molecule has 2 heterocycles. The van der Waals surface area contributed by atoms with Crippen molar-refractivity contribution in [3.63, 3.8) is 0 Å². The lowest BCUT2D eigenvalue weighted by atomic mass is 9.95. The van der Waals surface area contributed by atoms with Crippen molar-refractivity contribution in [2.24, 2.45) is 5.92 Å². The Kier molecular flexibility index (Phi) is 6.16. The number of nitrogens with zero attached hydrogens (tertiary/aromatic N) is 2. The van der Waals surface area contributed by atoms with Crippen LogP contribution in [0.25, 0.3) is 0 Å². The van der Waals surface area contributed by atoms with Gasteiger partial charge in [-0.3, -0.25) is 4.79 Å². The molecule has 1 saturated heterocycles. The van der Waals surface area contributed by atoms with Crippen molar-refractivity contribution in [2.75, 3.05) is 24.5 Å². The summed E-state index contributed by atoms with van der Waals surface area (Å²) in [6.45, 7) is 1.55. The van der Waals surface area contributed by atoms with Crippen LogP contribution in [0.5, 0.6) is 0 Å². The van der Waals surface area contributed by atoms with Crippen LogP contribution < -0.4 is 10.2 Å². The van der Waals surface area contributed by atoms with Crippen LogP contribution >= 0.6 is 0 Å². The molecule has 150 valence electrons. The van der Waals surface area contributed by atoms with E-state index >= 15 is 0 Å². The molecule has 0 spiro atoms. The number of alkyl halides is 3. The van der Waals surface area contributed by atoms with Crippen LogP contribution in [-0.4, -0.2) is 30.5 Å². The lowest BCUT2D eigenvalue weighted by Gasteiger charge is -2.32. The monoisotopic (exact) mass is 395 g/mol. The van der Waals surface area contributed by atoms with Gasteiger partial charge in [-0.15, -0.1) is 0 Å². The van der Waals surface area contributed by atoms with Gasteiger partial charge in [0.25, 0.3) is 0 Å². The summed E-state index contributed by atoms with van der Waals surface area (Å²) < 4.78 is 51.0. The molecule has 1 aliphatic heterocycles. The number of anilines is 1. The molecule has 0 unspecified atom stereocenters. The summed E-state index contributed by atoms with van der Waals surface area (Å²) in [6, 6.07) is 8.65. The number of nitrogens with one attached hydrogen (secondary N) is 1. The zero-order valence-corrected chi connectivity index (χ0v) is 15.2. The Bertz CT molecular complexity index is 800. The highest BCUT2D eigenvalue weighted by atomic mass is 19.4. The number of amides is 1. The number of carbonyl (C=O) groups is 1. The van der Waals surface area contributed by atoms with Crippen LogP contribution in [0.2, 0.25) is 0 Å². The average molecular weight is 395 g/mol. The van der Waals surface area contributed by atoms with Crippen molar-refractivity contribution in [3.8, 4) is 0 Å². The summed E-state index contributed by atoms with van der Waals surface area (Å²) in [4.78, 5) is 18.1. The standard InChI is InChI=1S/C20H21F4N3O/c21-17-3-1-2-14(12-17)6-9-25-19(28)15-7-10-27(11-8-15)18-5-4-16(13-26-18)20(22,23)24/h1-5,12-13,15H,6-11H2,(H,25,28). The molecule has 2 aromatic rings. The van der Waals surface area contributed by atoms with Crippen LogP contribution in [0, 0.1) is 11.7 Å². The summed E-state index contributed by atoms with van der Waals surface area (Å²) in [5.74, 6) is 0.000626. The first-order valence-corrected chi connectivity index (χ1v) is 9.13. The summed E-state index contributed by atoms with van der Waals surface area (Å²) in [5, 5.41) is 2.88. The third-order valence-corrected chi connectivity index (χ3v) is 4.87. The molecule has 0 atom stereocenters. The van der Waals surface area contributed by atoms with E-state index in [2.05, 4.69) is 10.3 Å². The Morgan fingerprint density at radius 3 is 2.54 bits per heavy atom. The number of hydrogen-bond donors (Lipinski definition) is 1. The largest absolute Gasteiger partial charge is 0.417 e. The molecule has 0 bridgehead atoms. The fourth-order valence-corrected chi connectivity index (χ4v) is 3.28. The second-order valence-electron chi connectivity index (χ2n) is 6.84. The van der Waals surface area contributed by atoms with Crippen molar-refractivity contribution in [1.82, 2.24) is 10.3 Å². The maximum atomic E-state index is 13.1. The molecule has 1 N–H and O–H groups in total. The van der Waals surface area contributed by atoms with Gasteiger partial charge in [0.1, 0.15) is 11.6 Å². The lowest BCUT2D eigenvalue weighted by molar-refractivity contribution is -0.137. The van der Waals surface area contributed by atoms with Gasteiger partial charge in [0, 0.05) is 31.7 Å². The van der Waals surface area contributed by atoms with Gasteiger partial charge < -0.3 is 10.2 Å². The maximum absolute atomic E-state index is 13.1. The van der Waals surface area contributed by atoms with E-state index in [0.29, 0.717) is 44.7 Å². The summed E-state index contributed by atoms with van der Waals surface area (Å²) >= 11 is 0. The van der Waals surface area contributed by atoms with Crippen LogP contribution in [0.15, 0.2) is 42.6 Å². The average Bonchev–Trinajstić information content (AvgIpc) is 2.67. The molecule has 0 saturated carbocycles. The van der Waals surface area contributed by atoms with Gasteiger partial charge in [0.15, 0.2) is 0 Å². The van der Waals surface area contributed by atoms with Crippen LogP contribution in [0.1, 0.15) is 24.0 Å². The van der Waals surface area contributed by atoms with E-state index in [1.807, 2.05) is 11.0 Å². The van der Waals surface area contributed by atoms with Crippen molar-refractivity contribution in [1.29, 1.82) is 0 Å². The van der Waals surface area contributed by atoms with Gasteiger partial charge in [0.05, 0.1) is 5.56 Å². The Hall–Kier alpha value is -2.64. The van der Waals surface area contributed by atoms with E-state index < -0.39 is 11.7 Å². The predicted octanol–water partition coefficient (Wildman–Crippen LogP) is 3.81. The zero-order chi connectivity index (χ0) is 20.1. The molecule has 4 nitrogen and oxygen atoms in total. The van der Waals surface area contributed by atoms with Gasteiger partial charge in [-0.2, -0.15) is 13.2 Å². The summed E-state index contributed by atoms with van der Waals surface area (Å²) in [7, 11) is 0. The molecule has 1 aromatic heterocycles. The number of aromatic nitrogens is 1. The number of pyridine rings is 1. The first-order valence-electron chi connectivity index (χ1n) is 9.13. The quantitative estimate of drug-likeness (QED) is 0.783. The summed E-state index contributed by atoms with van der Waals surface area (Å²) in [6.07, 6.45) is -1.80. The second kappa shape index (κ2) is 8.58. The minimum Gasteiger partial charge on any atom is -0.357 e. The molecule has 1 aliphatic rings. The normalized spacial score (nSPS) is 15.5. The molecule has 1 aromatic carbocycles. The van der Waals surface area contributed by atoms with Gasteiger partial charge in [-0.05, 0) is 49.1 Å². The van der Waals surface area contributed by atoms with Gasteiger partial charge in [0.2, 0.25) is 5.91 Å². The molecule has 0 radical (unpaired) electrons.